The molecule has 0 aliphatic heterocycles. The van der Waals surface area contributed by atoms with Gasteiger partial charge in [0, 0.05) is 25.2 Å². The lowest BCUT2D eigenvalue weighted by atomic mass is 10.1. The lowest BCUT2D eigenvalue weighted by Gasteiger charge is -2.25. The van der Waals surface area contributed by atoms with Gasteiger partial charge in [-0.05, 0) is 31.5 Å². The van der Waals surface area contributed by atoms with Crippen LogP contribution in [0.3, 0.4) is 0 Å². The minimum Gasteiger partial charge on any atom is -0.397 e. The minimum atomic E-state index is -0.118. The van der Waals surface area contributed by atoms with E-state index in [9.17, 15) is 4.79 Å². The Morgan fingerprint density at radius 1 is 1.35 bits per heavy atom. The Labute approximate surface area is 120 Å². The van der Waals surface area contributed by atoms with E-state index in [-0.39, 0.29) is 12.5 Å². The van der Waals surface area contributed by atoms with E-state index in [1.54, 1.807) is 12.1 Å². The van der Waals surface area contributed by atoms with Crippen LogP contribution >= 0.6 is 0 Å². The maximum atomic E-state index is 11.8. The van der Waals surface area contributed by atoms with Crippen LogP contribution in [-0.2, 0) is 0 Å². The third kappa shape index (κ3) is 4.42. The minimum absolute atomic E-state index is 0.0846. The Balaban J connectivity index is 2.91. The molecule has 1 aromatic rings. The number of carbonyl (C=O) groups excluding carboxylic acids is 1. The van der Waals surface area contributed by atoms with E-state index in [1.807, 2.05) is 13.0 Å². The first-order chi connectivity index (χ1) is 9.63. The number of benzene rings is 1. The number of hydrogen-bond acceptors (Lipinski definition) is 4. The van der Waals surface area contributed by atoms with Crippen LogP contribution in [0, 0.1) is 0 Å². The van der Waals surface area contributed by atoms with E-state index in [1.165, 1.54) is 0 Å². The van der Waals surface area contributed by atoms with Crippen molar-refractivity contribution in [2.45, 2.75) is 26.7 Å². The molecule has 0 aliphatic carbocycles. The molecular weight excluding hydrogens is 254 g/mol. The van der Waals surface area contributed by atoms with E-state index in [4.69, 9.17) is 10.8 Å². The summed E-state index contributed by atoms with van der Waals surface area (Å²) in [6.07, 6.45) is 2.12. The van der Waals surface area contributed by atoms with Gasteiger partial charge in [0.25, 0.3) is 5.91 Å². The molecule has 0 fully saturated rings. The number of nitrogen functional groups attached to an aromatic ring is 1. The number of rotatable bonds is 8. The van der Waals surface area contributed by atoms with Gasteiger partial charge in [0.2, 0.25) is 0 Å². The van der Waals surface area contributed by atoms with E-state index in [0.29, 0.717) is 24.3 Å². The molecule has 0 aliphatic rings. The summed E-state index contributed by atoms with van der Waals surface area (Å²) in [4.78, 5) is 13.8. The van der Waals surface area contributed by atoms with Gasteiger partial charge < -0.3 is 21.1 Å². The molecule has 0 aromatic heterocycles. The molecule has 5 heteroatoms. The highest BCUT2D eigenvalue weighted by Crippen LogP contribution is 2.24. The molecule has 4 N–H and O–H groups in total. The van der Waals surface area contributed by atoms with Crippen LogP contribution in [0.4, 0.5) is 11.4 Å². The fraction of sp³-hybridized carbons (Fsp3) is 0.533. The molecule has 0 spiro atoms. The van der Waals surface area contributed by atoms with Gasteiger partial charge in [-0.25, -0.2) is 0 Å². The van der Waals surface area contributed by atoms with E-state index in [2.05, 4.69) is 17.1 Å². The fourth-order valence-electron chi connectivity index (χ4n) is 2.07. The van der Waals surface area contributed by atoms with Crippen molar-refractivity contribution in [1.29, 1.82) is 0 Å². The smallest absolute Gasteiger partial charge is 0.251 e. The third-order valence-corrected chi connectivity index (χ3v) is 3.12. The van der Waals surface area contributed by atoms with Gasteiger partial charge in [-0.2, -0.15) is 0 Å². The Morgan fingerprint density at radius 3 is 2.65 bits per heavy atom. The average molecular weight is 279 g/mol. The summed E-state index contributed by atoms with van der Waals surface area (Å²) in [6.45, 7) is 6.07. The summed E-state index contributed by atoms with van der Waals surface area (Å²) >= 11 is 0. The van der Waals surface area contributed by atoms with Gasteiger partial charge in [0.05, 0.1) is 18.0 Å². The maximum absolute atomic E-state index is 11.8. The standard InChI is InChI=1S/C15H25N3O2/c1-3-5-8-18(9-10-19)14-7-6-12(11-13(14)16)15(20)17-4-2/h6-7,11,19H,3-5,8-10,16H2,1-2H3,(H,17,20). The molecule has 112 valence electrons. The van der Waals surface area contributed by atoms with E-state index >= 15 is 0 Å². The van der Waals surface area contributed by atoms with Gasteiger partial charge in [0.1, 0.15) is 0 Å². The molecule has 5 nitrogen and oxygen atoms in total. The largest absolute Gasteiger partial charge is 0.397 e. The second kappa shape index (κ2) is 8.43. The molecule has 0 heterocycles. The summed E-state index contributed by atoms with van der Waals surface area (Å²) in [5, 5.41) is 11.9. The fourth-order valence-corrected chi connectivity index (χ4v) is 2.07. The number of unbranched alkanes of at least 4 members (excludes halogenated alkanes) is 1. The second-order valence-corrected chi connectivity index (χ2v) is 4.70. The topological polar surface area (TPSA) is 78.6 Å². The second-order valence-electron chi connectivity index (χ2n) is 4.70. The normalized spacial score (nSPS) is 10.3. The molecular formula is C15H25N3O2. The molecule has 0 radical (unpaired) electrons. The summed E-state index contributed by atoms with van der Waals surface area (Å²) in [5.41, 5.74) is 8.06. The third-order valence-electron chi connectivity index (χ3n) is 3.12. The van der Waals surface area contributed by atoms with Crippen molar-refractivity contribution in [3.63, 3.8) is 0 Å². The van der Waals surface area contributed by atoms with Gasteiger partial charge in [0.15, 0.2) is 0 Å². The number of aliphatic hydroxyl groups excluding tert-OH is 1. The van der Waals surface area contributed by atoms with Crippen LogP contribution in [0.5, 0.6) is 0 Å². The van der Waals surface area contributed by atoms with E-state index < -0.39 is 0 Å². The lowest BCUT2D eigenvalue weighted by molar-refractivity contribution is 0.0956. The van der Waals surface area contributed by atoms with E-state index in [0.717, 1.165) is 25.1 Å². The molecule has 1 aromatic carbocycles. The Hall–Kier alpha value is -1.75. The molecule has 0 bridgehead atoms. The number of carbonyl (C=O) groups is 1. The molecule has 0 saturated heterocycles. The van der Waals surface area contributed by atoms with Gasteiger partial charge in [-0.15, -0.1) is 0 Å². The van der Waals surface area contributed by atoms with Crippen molar-refractivity contribution in [1.82, 2.24) is 5.32 Å². The number of anilines is 2. The van der Waals surface area contributed by atoms with Gasteiger partial charge in [-0.3, -0.25) is 4.79 Å². The van der Waals surface area contributed by atoms with Crippen LogP contribution in [0.25, 0.3) is 0 Å². The number of nitrogens with zero attached hydrogens (tertiary/aromatic N) is 1. The highest BCUT2D eigenvalue weighted by Gasteiger charge is 2.12. The predicted molar refractivity (Wildman–Crippen MR) is 83.1 cm³/mol. The summed E-state index contributed by atoms with van der Waals surface area (Å²) in [5.74, 6) is -0.118. The van der Waals surface area contributed by atoms with Crippen LogP contribution < -0.4 is 16.0 Å². The first-order valence-corrected chi connectivity index (χ1v) is 7.17. The summed E-state index contributed by atoms with van der Waals surface area (Å²) in [7, 11) is 0. The number of nitrogens with two attached hydrogens (primary N) is 1. The molecule has 0 saturated carbocycles. The predicted octanol–water partition coefficient (Wildman–Crippen LogP) is 1.62. The summed E-state index contributed by atoms with van der Waals surface area (Å²) < 4.78 is 0. The van der Waals surface area contributed by atoms with Crippen molar-refractivity contribution in [2.24, 2.45) is 0 Å². The molecule has 20 heavy (non-hydrogen) atoms. The number of nitrogens with one attached hydrogen (secondary N) is 1. The molecule has 0 atom stereocenters. The molecule has 1 rings (SSSR count). The number of amides is 1. The first-order valence-electron chi connectivity index (χ1n) is 7.17. The van der Waals surface area contributed by atoms with Gasteiger partial charge in [-0.1, -0.05) is 13.3 Å². The zero-order valence-electron chi connectivity index (χ0n) is 12.4. The van der Waals surface area contributed by atoms with Crippen molar-refractivity contribution in [3.05, 3.63) is 23.8 Å². The van der Waals surface area contributed by atoms with Gasteiger partial charge >= 0.3 is 0 Å². The lowest BCUT2D eigenvalue weighted by Crippen LogP contribution is -2.29. The summed E-state index contributed by atoms with van der Waals surface area (Å²) in [6, 6.07) is 5.31. The number of hydrogen-bond donors (Lipinski definition) is 3. The Morgan fingerprint density at radius 2 is 2.10 bits per heavy atom. The zero-order valence-corrected chi connectivity index (χ0v) is 12.4. The Bertz CT molecular complexity index is 435. The average Bonchev–Trinajstić information content (AvgIpc) is 2.44. The van der Waals surface area contributed by atoms with Crippen LogP contribution in [0.2, 0.25) is 0 Å². The highest BCUT2D eigenvalue weighted by molar-refractivity contribution is 5.96. The van der Waals surface area contributed by atoms with Crippen LogP contribution in [0.15, 0.2) is 18.2 Å². The van der Waals surface area contributed by atoms with Crippen molar-refractivity contribution in [2.75, 3.05) is 36.9 Å². The quantitative estimate of drug-likeness (QED) is 0.632. The monoisotopic (exact) mass is 279 g/mol. The van der Waals surface area contributed by atoms with Crippen molar-refractivity contribution < 1.29 is 9.90 Å². The Kier molecular flexibility index (Phi) is 6.87. The SMILES string of the molecule is CCCCN(CCO)c1ccc(C(=O)NCC)cc1N. The maximum Gasteiger partial charge on any atom is 0.251 e. The van der Waals surface area contributed by atoms with Crippen molar-refractivity contribution in [3.8, 4) is 0 Å². The first kappa shape index (κ1) is 16.3. The number of aliphatic hydroxyl groups is 1. The van der Waals surface area contributed by atoms with Crippen LogP contribution in [-0.4, -0.2) is 37.3 Å². The highest BCUT2D eigenvalue weighted by atomic mass is 16.3. The molecule has 1 amide bonds. The molecule has 0 unspecified atom stereocenters. The van der Waals surface area contributed by atoms with Crippen LogP contribution in [0.1, 0.15) is 37.0 Å². The zero-order chi connectivity index (χ0) is 15.0. The van der Waals surface area contributed by atoms with Crippen molar-refractivity contribution >= 4 is 17.3 Å².